The van der Waals surface area contributed by atoms with Crippen LogP contribution in [-0.4, -0.2) is 35.7 Å². The topological polar surface area (TPSA) is 50.2 Å². The van der Waals surface area contributed by atoms with E-state index >= 15 is 0 Å². The summed E-state index contributed by atoms with van der Waals surface area (Å²) in [5.41, 5.74) is 0.396. The summed E-state index contributed by atoms with van der Waals surface area (Å²) in [6.07, 6.45) is 8.46. The van der Waals surface area contributed by atoms with Crippen LogP contribution in [0.5, 0.6) is 0 Å². The van der Waals surface area contributed by atoms with Gasteiger partial charge in [-0.25, -0.2) is 4.98 Å². The molecule has 1 unspecified atom stereocenters. The second-order valence-electron chi connectivity index (χ2n) is 6.15. The smallest absolute Gasteiger partial charge is 0.293 e. The number of piperidine rings is 2. The molecule has 0 aromatic carbocycles. The fraction of sp³-hybridized carbons (Fsp3) is 0.733. The van der Waals surface area contributed by atoms with E-state index in [0.29, 0.717) is 17.8 Å². The zero-order valence-corrected chi connectivity index (χ0v) is 12.3. The molecule has 2 saturated heterocycles. The summed E-state index contributed by atoms with van der Waals surface area (Å²) in [5.74, 6) is 0.638. The lowest BCUT2D eigenvalue weighted by molar-refractivity contribution is 0.172. The van der Waals surface area contributed by atoms with Crippen molar-refractivity contribution in [1.29, 1.82) is 0 Å². The number of rotatable bonds is 2. The fourth-order valence-electron chi connectivity index (χ4n) is 3.67. The Morgan fingerprint density at radius 3 is 3.00 bits per heavy atom. The molecule has 0 aliphatic carbocycles. The van der Waals surface area contributed by atoms with Crippen molar-refractivity contribution in [2.45, 2.75) is 39.2 Å². The third kappa shape index (κ3) is 2.46. The number of nitrogens with one attached hydrogen (secondary N) is 1. The quantitative estimate of drug-likeness (QED) is 0.883. The van der Waals surface area contributed by atoms with Crippen LogP contribution >= 0.6 is 0 Å². The number of hydrogen-bond acceptors (Lipinski definition) is 4. The van der Waals surface area contributed by atoms with Gasteiger partial charge < -0.3 is 14.8 Å². The molecule has 3 heterocycles. The maximum atomic E-state index is 12.4. The normalized spacial score (nSPS) is 26.9. The highest BCUT2D eigenvalue weighted by atomic mass is 16.1. The lowest BCUT2D eigenvalue weighted by Gasteiger charge is -2.45. The van der Waals surface area contributed by atoms with Crippen molar-refractivity contribution < 1.29 is 0 Å². The molecule has 1 spiro atoms. The second kappa shape index (κ2) is 5.56. The summed E-state index contributed by atoms with van der Waals surface area (Å²) < 4.78 is 1.74. The highest BCUT2D eigenvalue weighted by Crippen LogP contribution is 2.36. The SMILES string of the molecule is CCn1ccnc(N2CCCC3(CCCNC3)C2)c1=O. The molecule has 1 aromatic heterocycles. The largest absolute Gasteiger partial charge is 0.351 e. The van der Waals surface area contributed by atoms with Crippen LogP contribution in [0.1, 0.15) is 32.6 Å². The van der Waals surface area contributed by atoms with Crippen LogP contribution in [0.3, 0.4) is 0 Å². The Morgan fingerprint density at radius 2 is 2.25 bits per heavy atom. The first-order valence-corrected chi connectivity index (χ1v) is 7.75. The minimum Gasteiger partial charge on any atom is -0.351 e. The van der Waals surface area contributed by atoms with Crippen molar-refractivity contribution in [3.8, 4) is 0 Å². The van der Waals surface area contributed by atoms with E-state index in [2.05, 4.69) is 15.2 Å². The van der Waals surface area contributed by atoms with Crippen LogP contribution in [0.4, 0.5) is 5.82 Å². The van der Waals surface area contributed by atoms with Crippen molar-refractivity contribution in [2.75, 3.05) is 31.1 Å². The van der Waals surface area contributed by atoms with Gasteiger partial charge in [-0.1, -0.05) is 0 Å². The van der Waals surface area contributed by atoms with Gasteiger partial charge in [0.05, 0.1) is 0 Å². The summed E-state index contributed by atoms with van der Waals surface area (Å²) in [6.45, 7) is 6.84. The monoisotopic (exact) mass is 276 g/mol. The van der Waals surface area contributed by atoms with E-state index in [-0.39, 0.29) is 5.56 Å². The summed E-state index contributed by atoms with van der Waals surface area (Å²) in [6, 6.07) is 0. The molecule has 20 heavy (non-hydrogen) atoms. The Morgan fingerprint density at radius 1 is 1.40 bits per heavy atom. The molecule has 110 valence electrons. The predicted octanol–water partition coefficient (Wildman–Crippen LogP) is 1.23. The molecule has 0 amide bonds. The van der Waals surface area contributed by atoms with Crippen LogP contribution in [0.25, 0.3) is 0 Å². The van der Waals surface area contributed by atoms with Gasteiger partial charge in [0.2, 0.25) is 0 Å². The van der Waals surface area contributed by atoms with Crippen molar-refractivity contribution in [3.05, 3.63) is 22.7 Å². The van der Waals surface area contributed by atoms with Crippen LogP contribution in [-0.2, 0) is 6.54 Å². The molecule has 3 rings (SSSR count). The molecule has 5 nitrogen and oxygen atoms in total. The van der Waals surface area contributed by atoms with Gasteiger partial charge in [-0.3, -0.25) is 4.79 Å². The number of hydrogen-bond donors (Lipinski definition) is 1. The molecule has 2 fully saturated rings. The van der Waals surface area contributed by atoms with Gasteiger partial charge in [-0.05, 0) is 39.2 Å². The van der Waals surface area contributed by atoms with Crippen LogP contribution in [0.15, 0.2) is 17.2 Å². The van der Waals surface area contributed by atoms with Gasteiger partial charge in [0.1, 0.15) is 0 Å². The van der Waals surface area contributed by atoms with Crippen LogP contribution < -0.4 is 15.8 Å². The van der Waals surface area contributed by atoms with E-state index in [0.717, 1.165) is 32.6 Å². The first-order chi connectivity index (χ1) is 9.74. The average Bonchev–Trinajstić information content (AvgIpc) is 2.48. The maximum absolute atomic E-state index is 12.4. The maximum Gasteiger partial charge on any atom is 0.293 e. The molecular formula is C15H24N4O. The molecule has 0 bridgehead atoms. The third-order valence-electron chi connectivity index (χ3n) is 4.76. The zero-order chi connectivity index (χ0) is 14.0. The highest BCUT2D eigenvalue weighted by Gasteiger charge is 2.37. The number of nitrogens with zero attached hydrogens (tertiary/aromatic N) is 3. The van der Waals surface area contributed by atoms with Crippen LogP contribution in [0, 0.1) is 5.41 Å². The molecule has 2 aliphatic rings. The minimum absolute atomic E-state index is 0.0517. The summed E-state index contributed by atoms with van der Waals surface area (Å²) in [7, 11) is 0. The van der Waals surface area contributed by atoms with Crippen molar-refractivity contribution in [1.82, 2.24) is 14.9 Å². The Balaban J connectivity index is 1.85. The average molecular weight is 276 g/mol. The molecule has 0 saturated carbocycles. The van der Waals surface area contributed by atoms with E-state index in [4.69, 9.17) is 0 Å². The van der Waals surface area contributed by atoms with Gasteiger partial charge in [0, 0.05) is 44.0 Å². The fourth-order valence-corrected chi connectivity index (χ4v) is 3.67. The molecule has 2 aliphatic heterocycles. The van der Waals surface area contributed by atoms with Gasteiger partial charge in [0.15, 0.2) is 5.82 Å². The standard InChI is InChI=1S/C15H24N4O/c1-2-18-10-8-17-13(14(18)20)19-9-4-6-15(12-19)5-3-7-16-11-15/h8,10,16H,2-7,9,11-12H2,1H3. The molecule has 1 N–H and O–H groups in total. The first-order valence-electron chi connectivity index (χ1n) is 7.75. The van der Waals surface area contributed by atoms with Crippen molar-refractivity contribution in [2.24, 2.45) is 5.41 Å². The molecule has 5 heteroatoms. The Hall–Kier alpha value is -1.36. The molecule has 1 atom stereocenters. The van der Waals surface area contributed by atoms with Crippen molar-refractivity contribution >= 4 is 5.82 Å². The van der Waals surface area contributed by atoms with Gasteiger partial charge >= 0.3 is 0 Å². The lowest BCUT2D eigenvalue weighted by atomic mass is 9.74. The van der Waals surface area contributed by atoms with Crippen LogP contribution in [0.2, 0.25) is 0 Å². The van der Waals surface area contributed by atoms with E-state index in [1.54, 1.807) is 17.0 Å². The second-order valence-corrected chi connectivity index (χ2v) is 6.15. The number of aryl methyl sites for hydroxylation is 1. The van der Waals surface area contributed by atoms with E-state index in [9.17, 15) is 4.79 Å². The summed E-state index contributed by atoms with van der Waals surface area (Å²) in [5, 5.41) is 3.52. The number of aromatic nitrogens is 2. The van der Waals surface area contributed by atoms with E-state index in [1.807, 2.05) is 6.92 Å². The number of anilines is 1. The predicted molar refractivity (Wildman–Crippen MR) is 80.2 cm³/mol. The van der Waals surface area contributed by atoms with Crippen molar-refractivity contribution in [3.63, 3.8) is 0 Å². The Bertz CT molecular complexity index is 513. The summed E-state index contributed by atoms with van der Waals surface area (Å²) in [4.78, 5) is 19.0. The molecule has 1 aromatic rings. The molecular weight excluding hydrogens is 252 g/mol. The molecule has 0 radical (unpaired) electrons. The Kier molecular flexibility index (Phi) is 3.78. The van der Waals surface area contributed by atoms with E-state index < -0.39 is 0 Å². The Labute approximate surface area is 120 Å². The van der Waals surface area contributed by atoms with Gasteiger partial charge in [-0.15, -0.1) is 0 Å². The lowest BCUT2D eigenvalue weighted by Crippen LogP contribution is -2.52. The van der Waals surface area contributed by atoms with Gasteiger partial charge in [0.25, 0.3) is 5.56 Å². The first kappa shape index (κ1) is 13.6. The van der Waals surface area contributed by atoms with E-state index in [1.165, 1.54) is 19.3 Å². The van der Waals surface area contributed by atoms with Gasteiger partial charge in [-0.2, -0.15) is 0 Å². The minimum atomic E-state index is 0.0517. The third-order valence-corrected chi connectivity index (χ3v) is 4.76. The highest BCUT2D eigenvalue weighted by molar-refractivity contribution is 5.37. The zero-order valence-electron chi connectivity index (χ0n) is 12.3. The summed E-state index contributed by atoms with van der Waals surface area (Å²) >= 11 is 0.